The highest BCUT2D eigenvalue weighted by Crippen LogP contribution is 2.33. The zero-order valence-corrected chi connectivity index (χ0v) is 17.7. The van der Waals surface area contributed by atoms with Crippen molar-refractivity contribution in [2.24, 2.45) is 0 Å². The first-order valence-corrected chi connectivity index (χ1v) is 11.2. The number of urea groups is 1. The van der Waals surface area contributed by atoms with Crippen molar-refractivity contribution in [2.75, 3.05) is 13.1 Å². The largest absolute Gasteiger partial charge is 0.459 e. The van der Waals surface area contributed by atoms with Crippen LogP contribution < -0.4 is 10.6 Å². The maximum atomic E-state index is 13.3. The van der Waals surface area contributed by atoms with Gasteiger partial charge >= 0.3 is 12.0 Å². The normalized spacial score (nSPS) is 21.0. The second-order valence-corrected chi connectivity index (χ2v) is 9.43. The molecule has 2 amide bonds. The van der Waals surface area contributed by atoms with Gasteiger partial charge in [0.05, 0.1) is 22.6 Å². The number of hydrogen-bond acceptors (Lipinski definition) is 5. The van der Waals surface area contributed by atoms with Gasteiger partial charge in [0.1, 0.15) is 0 Å². The Balaban J connectivity index is 2.08. The third-order valence-electron chi connectivity index (χ3n) is 4.99. The molecule has 0 bridgehead atoms. The Morgan fingerprint density at radius 1 is 1.17 bits per heavy atom. The van der Waals surface area contributed by atoms with Crippen molar-refractivity contribution in [1.29, 1.82) is 0 Å². The molecular weight excluding hydrogens is 394 g/mol. The summed E-state index contributed by atoms with van der Waals surface area (Å²) in [5, 5.41) is 5.26. The number of rotatable bonds is 5. The molecule has 0 saturated carbocycles. The van der Waals surface area contributed by atoms with Crippen LogP contribution in [-0.2, 0) is 19.6 Å². The van der Waals surface area contributed by atoms with Crippen LogP contribution in [0.15, 0.2) is 40.4 Å². The van der Waals surface area contributed by atoms with Gasteiger partial charge in [0, 0.05) is 18.8 Å². The Kier molecular flexibility index (Phi) is 6.28. The van der Waals surface area contributed by atoms with E-state index in [0.29, 0.717) is 24.4 Å². The summed E-state index contributed by atoms with van der Waals surface area (Å²) in [4.78, 5) is 25.0. The van der Waals surface area contributed by atoms with E-state index in [4.69, 9.17) is 4.74 Å². The van der Waals surface area contributed by atoms with Crippen molar-refractivity contribution in [3.8, 4) is 0 Å². The first kappa shape index (κ1) is 21.3. The second kappa shape index (κ2) is 8.54. The number of esters is 1. The summed E-state index contributed by atoms with van der Waals surface area (Å²) in [6.45, 7) is 5.99. The highest BCUT2D eigenvalue weighted by molar-refractivity contribution is 7.89. The molecule has 1 unspecified atom stereocenters. The molecule has 158 valence electrons. The fourth-order valence-electron chi connectivity index (χ4n) is 3.67. The molecule has 3 rings (SSSR count). The van der Waals surface area contributed by atoms with Crippen molar-refractivity contribution in [1.82, 2.24) is 14.9 Å². The Morgan fingerprint density at radius 3 is 2.48 bits per heavy atom. The Bertz CT molecular complexity index is 933. The molecule has 2 aliphatic rings. The summed E-state index contributed by atoms with van der Waals surface area (Å²) >= 11 is 0. The van der Waals surface area contributed by atoms with Crippen molar-refractivity contribution in [2.45, 2.75) is 57.1 Å². The van der Waals surface area contributed by atoms with Crippen LogP contribution in [0.1, 0.15) is 51.6 Å². The number of piperidine rings is 1. The van der Waals surface area contributed by atoms with Gasteiger partial charge < -0.3 is 15.4 Å². The third kappa shape index (κ3) is 4.45. The molecule has 0 radical (unpaired) electrons. The molecule has 2 N–H and O–H groups in total. The van der Waals surface area contributed by atoms with Crippen molar-refractivity contribution in [3.05, 3.63) is 41.1 Å². The molecule has 9 heteroatoms. The van der Waals surface area contributed by atoms with Crippen molar-refractivity contribution >= 4 is 22.0 Å². The van der Waals surface area contributed by atoms with Gasteiger partial charge in [-0.25, -0.2) is 18.0 Å². The number of nitrogens with zero attached hydrogens (tertiary/aromatic N) is 1. The monoisotopic (exact) mass is 421 g/mol. The van der Waals surface area contributed by atoms with E-state index in [2.05, 4.69) is 10.6 Å². The van der Waals surface area contributed by atoms with E-state index in [1.165, 1.54) is 10.4 Å². The molecule has 2 aliphatic heterocycles. The molecule has 0 aliphatic carbocycles. The predicted molar refractivity (Wildman–Crippen MR) is 107 cm³/mol. The number of carbonyl (C=O) groups is 2. The van der Waals surface area contributed by atoms with E-state index in [1.807, 2.05) is 0 Å². The molecule has 8 nitrogen and oxygen atoms in total. The molecule has 0 spiro atoms. The minimum absolute atomic E-state index is 0.0942. The molecule has 1 aromatic rings. The lowest BCUT2D eigenvalue weighted by Crippen LogP contribution is -2.46. The van der Waals surface area contributed by atoms with Gasteiger partial charge in [0.15, 0.2) is 0 Å². The first-order chi connectivity index (χ1) is 13.7. The number of nitrogens with one attached hydrogen (secondary N) is 2. The van der Waals surface area contributed by atoms with E-state index >= 15 is 0 Å². The minimum Gasteiger partial charge on any atom is -0.459 e. The smallest absolute Gasteiger partial charge is 0.338 e. The van der Waals surface area contributed by atoms with Gasteiger partial charge in [-0.05, 0) is 45.2 Å². The summed E-state index contributed by atoms with van der Waals surface area (Å²) in [6.07, 6.45) is 2.28. The van der Waals surface area contributed by atoms with Crippen LogP contribution in [0.5, 0.6) is 0 Å². The first-order valence-electron chi connectivity index (χ1n) is 9.80. The van der Waals surface area contributed by atoms with Crippen LogP contribution in [0.3, 0.4) is 0 Å². The topological polar surface area (TPSA) is 105 Å². The van der Waals surface area contributed by atoms with Gasteiger partial charge in [-0.1, -0.05) is 24.6 Å². The number of allylic oxidation sites excluding steroid dienone is 1. The van der Waals surface area contributed by atoms with E-state index in [9.17, 15) is 18.0 Å². The molecule has 1 fully saturated rings. The zero-order chi connectivity index (χ0) is 21.2. The number of amides is 2. The standard InChI is InChI=1S/C20H27N3O5S/c1-13(2)28-19(24)17-14(3)21-20(25)22-18(17)15-9-5-6-10-16(15)29(26,27)23-11-7-4-8-12-23/h5-6,9-10,13,18H,4,7-8,11-12H2,1-3H3,(H2,21,22,25). The lowest BCUT2D eigenvalue weighted by atomic mass is 9.95. The second-order valence-electron chi connectivity index (χ2n) is 7.53. The van der Waals surface area contributed by atoms with Crippen molar-refractivity contribution in [3.63, 3.8) is 0 Å². The molecule has 2 heterocycles. The van der Waals surface area contributed by atoms with Crippen LogP contribution in [0, 0.1) is 0 Å². The molecule has 1 atom stereocenters. The number of benzene rings is 1. The van der Waals surface area contributed by atoms with Gasteiger partial charge in [0.25, 0.3) is 0 Å². The Hall–Kier alpha value is -2.39. The summed E-state index contributed by atoms with van der Waals surface area (Å²) in [6, 6.07) is 5.06. The summed E-state index contributed by atoms with van der Waals surface area (Å²) in [5.74, 6) is -0.597. The van der Waals surface area contributed by atoms with Crippen LogP contribution in [0.25, 0.3) is 0 Å². The van der Waals surface area contributed by atoms with Crippen LogP contribution in [0.2, 0.25) is 0 Å². The minimum atomic E-state index is -3.76. The van der Waals surface area contributed by atoms with E-state index in [0.717, 1.165) is 19.3 Å². The average molecular weight is 422 g/mol. The summed E-state index contributed by atoms with van der Waals surface area (Å²) in [7, 11) is -3.76. The highest BCUT2D eigenvalue weighted by atomic mass is 32.2. The van der Waals surface area contributed by atoms with Gasteiger partial charge in [-0.2, -0.15) is 4.31 Å². The third-order valence-corrected chi connectivity index (χ3v) is 6.97. The fourth-order valence-corrected chi connectivity index (χ4v) is 5.42. The van der Waals surface area contributed by atoms with Crippen LogP contribution >= 0.6 is 0 Å². The number of sulfonamides is 1. The van der Waals surface area contributed by atoms with Gasteiger partial charge in [0.2, 0.25) is 10.0 Å². The number of hydrogen-bond donors (Lipinski definition) is 2. The maximum absolute atomic E-state index is 13.3. The molecule has 1 saturated heterocycles. The van der Waals surface area contributed by atoms with E-state index in [1.54, 1.807) is 39.0 Å². The zero-order valence-electron chi connectivity index (χ0n) is 16.9. The molecule has 29 heavy (non-hydrogen) atoms. The lowest BCUT2D eigenvalue weighted by Gasteiger charge is -2.31. The lowest BCUT2D eigenvalue weighted by molar-refractivity contribution is -0.143. The van der Waals surface area contributed by atoms with Crippen molar-refractivity contribution < 1.29 is 22.7 Å². The average Bonchev–Trinajstić information content (AvgIpc) is 2.67. The number of ether oxygens (including phenoxy) is 1. The molecule has 0 aromatic heterocycles. The maximum Gasteiger partial charge on any atom is 0.338 e. The predicted octanol–water partition coefficient (Wildman–Crippen LogP) is 2.44. The van der Waals surface area contributed by atoms with Crippen LogP contribution in [0.4, 0.5) is 4.79 Å². The van der Waals surface area contributed by atoms with E-state index in [-0.39, 0.29) is 16.6 Å². The van der Waals surface area contributed by atoms with Gasteiger partial charge in [-0.15, -0.1) is 0 Å². The quantitative estimate of drug-likeness (QED) is 0.711. The molecular formula is C20H27N3O5S. The fraction of sp³-hybridized carbons (Fsp3) is 0.500. The highest BCUT2D eigenvalue weighted by Gasteiger charge is 2.37. The summed E-state index contributed by atoms with van der Waals surface area (Å²) < 4.78 is 33.5. The Morgan fingerprint density at radius 2 is 1.83 bits per heavy atom. The summed E-state index contributed by atoms with van der Waals surface area (Å²) in [5.41, 5.74) is 0.886. The number of carbonyl (C=O) groups excluding carboxylic acids is 2. The van der Waals surface area contributed by atoms with Crippen LogP contribution in [-0.4, -0.2) is 43.9 Å². The van der Waals surface area contributed by atoms with Gasteiger partial charge in [-0.3, -0.25) is 0 Å². The van der Waals surface area contributed by atoms with E-state index < -0.39 is 28.1 Å². The SMILES string of the molecule is CC1=C(C(=O)OC(C)C)C(c2ccccc2S(=O)(=O)N2CCCCC2)NC(=O)N1. The molecule has 1 aromatic carbocycles. The Labute approximate surface area is 171 Å².